The van der Waals surface area contributed by atoms with Gasteiger partial charge in [0.2, 0.25) is 0 Å². The molecule has 4 nitrogen and oxygen atoms in total. The van der Waals surface area contributed by atoms with E-state index in [4.69, 9.17) is 11.6 Å². The van der Waals surface area contributed by atoms with Crippen molar-refractivity contribution in [3.05, 3.63) is 17.0 Å². The van der Waals surface area contributed by atoms with Crippen LogP contribution in [-0.4, -0.2) is 48.1 Å². The Morgan fingerprint density at radius 2 is 2.26 bits per heavy atom. The van der Waals surface area contributed by atoms with E-state index in [1.165, 1.54) is 19.4 Å². The van der Waals surface area contributed by atoms with Crippen LogP contribution in [0, 0.1) is 0 Å². The van der Waals surface area contributed by atoms with Gasteiger partial charge in [-0.25, -0.2) is 9.97 Å². The average Bonchev–Trinajstić information content (AvgIpc) is 2.37. The molecule has 1 unspecified atom stereocenters. The third kappa shape index (κ3) is 3.80. The number of nitrogens with zero attached hydrogens (tertiary/aromatic N) is 4. The number of aromatic nitrogens is 2. The Hall–Kier alpha value is -0.870. The van der Waals surface area contributed by atoms with Gasteiger partial charge in [0.1, 0.15) is 16.8 Å². The minimum atomic E-state index is 0.513. The van der Waals surface area contributed by atoms with E-state index in [1.54, 1.807) is 0 Å². The Balaban J connectivity index is 2.15. The summed E-state index contributed by atoms with van der Waals surface area (Å²) in [5.41, 5.74) is 0. The van der Waals surface area contributed by atoms with Gasteiger partial charge in [-0.05, 0) is 32.9 Å². The van der Waals surface area contributed by atoms with Gasteiger partial charge in [0.25, 0.3) is 0 Å². The lowest BCUT2D eigenvalue weighted by Gasteiger charge is -2.36. The van der Waals surface area contributed by atoms with Crippen LogP contribution in [0.25, 0.3) is 0 Å². The highest BCUT2D eigenvalue weighted by Crippen LogP contribution is 2.21. The summed E-state index contributed by atoms with van der Waals surface area (Å²) < 4.78 is 0. The molecule has 1 atom stereocenters. The standard InChI is InChI=1S/C14H23ClN4/c1-4-6-13-16-12(15)9-14(17-13)19(3)11-7-5-8-18(2)10-11/h9,11H,4-8,10H2,1-3H3. The number of halogens is 1. The van der Waals surface area contributed by atoms with E-state index < -0.39 is 0 Å². The van der Waals surface area contributed by atoms with Crippen molar-refractivity contribution in [2.45, 2.75) is 38.6 Å². The van der Waals surface area contributed by atoms with Crippen molar-refractivity contribution in [3.8, 4) is 0 Å². The Morgan fingerprint density at radius 3 is 2.95 bits per heavy atom. The fourth-order valence-corrected chi connectivity index (χ4v) is 2.81. The van der Waals surface area contributed by atoms with Gasteiger partial charge in [0, 0.05) is 32.1 Å². The van der Waals surface area contributed by atoms with Gasteiger partial charge < -0.3 is 9.80 Å². The van der Waals surface area contributed by atoms with E-state index in [0.29, 0.717) is 11.2 Å². The maximum atomic E-state index is 6.11. The molecule has 1 aromatic rings. The van der Waals surface area contributed by atoms with Gasteiger partial charge in [0.15, 0.2) is 0 Å². The van der Waals surface area contributed by atoms with Crippen molar-refractivity contribution in [2.75, 3.05) is 32.1 Å². The van der Waals surface area contributed by atoms with Gasteiger partial charge in [-0.15, -0.1) is 0 Å². The van der Waals surface area contributed by atoms with Crippen LogP contribution >= 0.6 is 11.6 Å². The van der Waals surface area contributed by atoms with Crippen LogP contribution in [0.2, 0.25) is 5.15 Å². The molecular formula is C14H23ClN4. The second-order valence-corrected chi connectivity index (χ2v) is 5.77. The lowest BCUT2D eigenvalue weighted by Crippen LogP contribution is -2.45. The Kier molecular flexibility index (Phi) is 4.99. The number of anilines is 1. The summed E-state index contributed by atoms with van der Waals surface area (Å²) in [5, 5.41) is 0.546. The van der Waals surface area contributed by atoms with E-state index in [0.717, 1.165) is 31.0 Å². The first-order valence-electron chi connectivity index (χ1n) is 7.05. The van der Waals surface area contributed by atoms with Crippen molar-refractivity contribution in [2.24, 2.45) is 0 Å². The van der Waals surface area contributed by atoms with Crippen LogP contribution in [0.1, 0.15) is 32.0 Å². The van der Waals surface area contributed by atoms with Gasteiger partial charge in [-0.1, -0.05) is 18.5 Å². The number of rotatable bonds is 4. The van der Waals surface area contributed by atoms with Crippen molar-refractivity contribution in [1.82, 2.24) is 14.9 Å². The molecular weight excluding hydrogens is 260 g/mol. The molecule has 5 heteroatoms. The topological polar surface area (TPSA) is 32.3 Å². The normalized spacial score (nSPS) is 20.5. The first-order valence-corrected chi connectivity index (χ1v) is 7.42. The van der Waals surface area contributed by atoms with Crippen LogP contribution in [-0.2, 0) is 6.42 Å². The fourth-order valence-electron chi connectivity index (χ4n) is 2.61. The minimum absolute atomic E-state index is 0.513. The minimum Gasteiger partial charge on any atom is -0.355 e. The van der Waals surface area contributed by atoms with Crippen LogP contribution in [0.5, 0.6) is 0 Å². The van der Waals surface area contributed by atoms with Gasteiger partial charge in [-0.2, -0.15) is 0 Å². The predicted octanol–water partition coefficient (Wildman–Crippen LogP) is 2.61. The lowest BCUT2D eigenvalue weighted by molar-refractivity contribution is 0.247. The number of likely N-dealkylation sites (N-methyl/N-ethyl adjacent to an activating group) is 2. The number of hydrogen-bond donors (Lipinski definition) is 0. The summed E-state index contributed by atoms with van der Waals surface area (Å²) in [4.78, 5) is 13.5. The largest absolute Gasteiger partial charge is 0.355 e. The summed E-state index contributed by atoms with van der Waals surface area (Å²) in [7, 11) is 4.29. The molecule has 1 fully saturated rings. The first-order chi connectivity index (χ1) is 9.10. The van der Waals surface area contributed by atoms with Crippen molar-refractivity contribution < 1.29 is 0 Å². The third-order valence-electron chi connectivity index (χ3n) is 3.71. The highest BCUT2D eigenvalue weighted by molar-refractivity contribution is 6.29. The molecule has 1 aliphatic heterocycles. The Bertz CT molecular complexity index is 424. The molecule has 106 valence electrons. The zero-order valence-electron chi connectivity index (χ0n) is 12.1. The monoisotopic (exact) mass is 282 g/mol. The zero-order chi connectivity index (χ0) is 13.8. The number of piperidine rings is 1. The van der Waals surface area contributed by atoms with Crippen molar-refractivity contribution in [1.29, 1.82) is 0 Å². The molecule has 0 amide bonds. The highest BCUT2D eigenvalue weighted by Gasteiger charge is 2.22. The molecule has 0 spiro atoms. The van der Waals surface area contributed by atoms with Crippen molar-refractivity contribution in [3.63, 3.8) is 0 Å². The first kappa shape index (κ1) is 14.5. The molecule has 2 heterocycles. The molecule has 1 aromatic heterocycles. The van der Waals surface area contributed by atoms with Gasteiger partial charge in [0.05, 0.1) is 0 Å². The molecule has 2 rings (SSSR count). The molecule has 0 bridgehead atoms. The number of aryl methyl sites for hydroxylation is 1. The van der Waals surface area contributed by atoms with Crippen LogP contribution in [0.3, 0.4) is 0 Å². The van der Waals surface area contributed by atoms with Crippen LogP contribution in [0.4, 0.5) is 5.82 Å². The summed E-state index contributed by atoms with van der Waals surface area (Å²) >= 11 is 6.11. The van der Waals surface area contributed by atoms with Crippen LogP contribution < -0.4 is 4.90 Å². The molecule has 1 saturated heterocycles. The maximum Gasteiger partial charge on any atom is 0.134 e. The van der Waals surface area contributed by atoms with E-state index in [2.05, 4.69) is 40.8 Å². The second kappa shape index (κ2) is 6.53. The average molecular weight is 283 g/mol. The molecule has 0 N–H and O–H groups in total. The Morgan fingerprint density at radius 1 is 1.47 bits per heavy atom. The molecule has 0 aromatic carbocycles. The quantitative estimate of drug-likeness (QED) is 0.795. The van der Waals surface area contributed by atoms with Crippen LogP contribution in [0.15, 0.2) is 6.07 Å². The predicted molar refractivity (Wildman–Crippen MR) is 80.0 cm³/mol. The smallest absolute Gasteiger partial charge is 0.134 e. The fraction of sp³-hybridized carbons (Fsp3) is 0.714. The molecule has 0 radical (unpaired) electrons. The molecule has 19 heavy (non-hydrogen) atoms. The summed E-state index contributed by atoms with van der Waals surface area (Å²) in [6.45, 7) is 4.40. The summed E-state index contributed by atoms with van der Waals surface area (Å²) in [6, 6.07) is 2.38. The van der Waals surface area contributed by atoms with Gasteiger partial charge >= 0.3 is 0 Å². The Labute approximate surface area is 120 Å². The second-order valence-electron chi connectivity index (χ2n) is 5.38. The van der Waals surface area contributed by atoms with E-state index in [-0.39, 0.29) is 0 Å². The zero-order valence-corrected chi connectivity index (χ0v) is 12.8. The summed E-state index contributed by atoms with van der Waals surface area (Å²) in [6.07, 6.45) is 4.37. The highest BCUT2D eigenvalue weighted by atomic mass is 35.5. The van der Waals surface area contributed by atoms with Gasteiger partial charge in [-0.3, -0.25) is 0 Å². The summed E-state index contributed by atoms with van der Waals surface area (Å²) in [5.74, 6) is 1.80. The molecule has 0 saturated carbocycles. The number of likely N-dealkylation sites (tertiary alicyclic amines) is 1. The third-order valence-corrected chi connectivity index (χ3v) is 3.90. The van der Waals surface area contributed by atoms with E-state index in [1.807, 2.05) is 6.07 Å². The number of hydrogen-bond acceptors (Lipinski definition) is 4. The SMILES string of the molecule is CCCc1nc(Cl)cc(N(C)C2CCCN(C)C2)n1. The molecule has 1 aliphatic rings. The van der Waals surface area contributed by atoms with E-state index in [9.17, 15) is 0 Å². The maximum absolute atomic E-state index is 6.11. The lowest BCUT2D eigenvalue weighted by atomic mass is 10.1. The van der Waals surface area contributed by atoms with E-state index >= 15 is 0 Å². The van der Waals surface area contributed by atoms with Crippen molar-refractivity contribution >= 4 is 17.4 Å². The molecule has 0 aliphatic carbocycles.